The van der Waals surface area contributed by atoms with E-state index in [1.807, 2.05) is 0 Å². The van der Waals surface area contributed by atoms with E-state index in [2.05, 4.69) is 141 Å². The molecule has 0 N–H and O–H groups in total. The third kappa shape index (κ3) is 8.64. The van der Waals surface area contributed by atoms with E-state index in [1.54, 1.807) is 0 Å². The summed E-state index contributed by atoms with van der Waals surface area (Å²) >= 11 is 0. The van der Waals surface area contributed by atoms with Gasteiger partial charge < -0.3 is 18.3 Å². The zero-order valence-corrected chi connectivity index (χ0v) is 34.2. The second-order valence-electron chi connectivity index (χ2n) is 16.6. The minimum absolute atomic E-state index is 0.0410. The molecule has 0 aromatic heterocycles. The van der Waals surface area contributed by atoms with Crippen molar-refractivity contribution in [1.29, 1.82) is 0 Å². The number of benzene rings is 2. The largest absolute Gasteiger partial charge is 0.413 e. The molecule has 1 saturated heterocycles. The van der Waals surface area contributed by atoms with Crippen LogP contribution < -0.4 is 10.4 Å². The van der Waals surface area contributed by atoms with E-state index in [-0.39, 0.29) is 17.2 Å². The van der Waals surface area contributed by atoms with Crippen molar-refractivity contribution in [3.05, 3.63) is 84.5 Å². The van der Waals surface area contributed by atoms with Gasteiger partial charge in [-0.15, -0.1) is 0 Å². The van der Waals surface area contributed by atoms with Gasteiger partial charge in [0.2, 0.25) is 0 Å². The third-order valence-electron chi connectivity index (χ3n) is 12.1. The number of ether oxygens (including phenoxy) is 2. The molecular weight excluding hydrogens is 637 g/mol. The molecule has 4 nitrogen and oxygen atoms in total. The second-order valence-corrected chi connectivity index (χ2v) is 25.6. The minimum atomic E-state index is -2.59. The van der Waals surface area contributed by atoms with Crippen molar-refractivity contribution in [2.75, 3.05) is 6.61 Å². The van der Waals surface area contributed by atoms with Crippen molar-refractivity contribution in [3.63, 3.8) is 0 Å². The van der Waals surface area contributed by atoms with Gasteiger partial charge in [-0.25, -0.2) is 0 Å². The van der Waals surface area contributed by atoms with Gasteiger partial charge in [0.1, 0.15) is 0 Å². The normalized spacial score (nSPS) is 27.4. The highest BCUT2D eigenvalue weighted by Crippen LogP contribution is 2.46. The van der Waals surface area contributed by atoms with Crippen molar-refractivity contribution < 1.29 is 18.3 Å². The SMILES string of the molecule is CC[Si](CC)(CC)O[C@H]1CCC=C2C=C[C@H](C)[C@H](CC[C@H]3CC(CCO[Si](c4ccccc4)(c4ccccc4)C(C)(C)C)OC(C)(C)O3)[C@H]21. The molecule has 1 fully saturated rings. The second kappa shape index (κ2) is 16.3. The molecule has 5 rings (SSSR count). The summed E-state index contributed by atoms with van der Waals surface area (Å²) in [6.45, 7) is 21.4. The first kappa shape index (κ1) is 38.4. The summed E-state index contributed by atoms with van der Waals surface area (Å²) < 4.78 is 27.8. The molecule has 49 heavy (non-hydrogen) atoms. The van der Waals surface area contributed by atoms with Crippen molar-refractivity contribution in [1.82, 2.24) is 0 Å². The molecule has 270 valence electrons. The van der Waals surface area contributed by atoms with Crippen LogP contribution in [0.15, 0.2) is 84.5 Å². The topological polar surface area (TPSA) is 36.9 Å². The minimum Gasteiger partial charge on any atom is -0.413 e. The van der Waals surface area contributed by atoms with Crippen molar-refractivity contribution >= 4 is 27.0 Å². The standard InChI is InChI=1S/C43H66O4Si2/c1-10-48(11-2,12-3)47-40-25-19-20-34-27-26-33(4)39(41(34)40)29-28-35-32-36(46-43(8,9)45-35)30-31-44-49(42(5,6)7,37-21-15-13-16-22-37)38-23-17-14-18-24-38/h13-18,20-24,26-27,33,35-36,39-41H,10-12,19,25,28-32H2,1-9H3/t33-,35-,36?,39-,40-,41-/m0/s1. The number of fused-ring (bicyclic) bond motifs is 1. The summed E-state index contributed by atoms with van der Waals surface area (Å²) in [4.78, 5) is 0. The molecule has 0 radical (unpaired) electrons. The lowest BCUT2D eigenvalue weighted by atomic mass is 9.66. The first-order chi connectivity index (χ1) is 23.4. The van der Waals surface area contributed by atoms with E-state index in [9.17, 15) is 0 Å². The Balaban J connectivity index is 1.29. The molecule has 0 saturated carbocycles. The maximum absolute atomic E-state index is 7.28. The van der Waals surface area contributed by atoms with Crippen LogP contribution in [0.2, 0.25) is 23.2 Å². The molecule has 1 aliphatic heterocycles. The fourth-order valence-electron chi connectivity index (χ4n) is 9.33. The molecule has 1 heterocycles. The van der Waals surface area contributed by atoms with Gasteiger partial charge in [0.15, 0.2) is 14.1 Å². The summed E-state index contributed by atoms with van der Waals surface area (Å²) in [6, 6.07) is 25.6. The van der Waals surface area contributed by atoms with Gasteiger partial charge in [-0.1, -0.05) is 127 Å². The molecule has 6 heteroatoms. The molecule has 6 atom stereocenters. The Morgan fingerprint density at radius 3 is 1.94 bits per heavy atom. The first-order valence-corrected chi connectivity index (χ1v) is 24.0. The zero-order chi connectivity index (χ0) is 35.3. The Labute approximate surface area is 301 Å². The summed E-state index contributed by atoms with van der Waals surface area (Å²) in [5.41, 5.74) is 1.53. The van der Waals surface area contributed by atoms with Crippen LogP contribution in [-0.4, -0.2) is 47.3 Å². The highest BCUT2D eigenvalue weighted by Gasteiger charge is 2.50. The molecule has 2 aromatic rings. The van der Waals surface area contributed by atoms with Crippen LogP contribution in [0.3, 0.4) is 0 Å². The van der Waals surface area contributed by atoms with Crippen LogP contribution in [0.25, 0.3) is 0 Å². The molecule has 0 spiro atoms. The molecule has 0 bridgehead atoms. The molecule has 1 unspecified atom stereocenters. The van der Waals surface area contributed by atoms with Crippen LogP contribution in [0, 0.1) is 17.8 Å². The Kier molecular flexibility index (Phi) is 12.7. The van der Waals surface area contributed by atoms with Crippen LogP contribution >= 0.6 is 0 Å². The number of rotatable bonds is 14. The molecule has 0 amide bonds. The van der Waals surface area contributed by atoms with Gasteiger partial charge in [0.05, 0.1) is 18.3 Å². The van der Waals surface area contributed by atoms with Crippen molar-refractivity contribution in [2.45, 2.75) is 148 Å². The Morgan fingerprint density at radius 2 is 1.39 bits per heavy atom. The summed E-state index contributed by atoms with van der Waals surface area (Å²) in [6.07, 6.45) is 14.3. The van der Waals surface area contributed by atoms with E-state index in [0.29, 0.717) is 30.5 Å². The summed E-state index contributed by atoms with van der Waals surface area (Å²) in [5, 5.41) is 2.61. The van der Waals surface area contributed by atoms with Crippen LogP contribution in [0.4, 0.5) is 0 Å². The predicted octanol–water partition coefficient (Wildman–Crippen LogP) is 10.2. The molecule has 3 aliphatic rings. The fraction of sp³-hybridized carbons (Fsp3) is 0.628. The average Bonchev–Trinajstić information content (AvgIpc) is 3.08. The van der Waals surface area contributed by atoms with Gasteiger partial charge in [-0.2, -0.15) is 0 Å². The molecule has 2 aromatic carbocycles. The Hall–Kier alpha value is -1.81. The number of hydrogen-bond donors (Lipinski definition) is 0. The lowest BCUT2D eigenvalue weighted by Crippen LogP contribution is -2.66. The van der Waals surface area contributed by atoms with E-state index in [0.717, 1.165) is 38.5 Å². The summed E-state index contributed by atoms with van der Waals surface area (Å²) in [5.74, 6) is 0.994. The monoisotopic (exact) mass is 702 g/mol. The van der Waals surface area contributed by atoms with Gasteiger partial charge >= 0.3 is 0 Å². The van der Waals surface area contributed by atoms with Gasteiger partial charge in [-0.3, -0.25) is 0 Å². The highest BCUT2D eigenvalue weighted by molar-refractivity contribution is 6.99. The van der Waals surface area contributed by atoms with E-state index >= 15 is 0 Å². The average molecular weight is 703 g/mol. The van der Waals surface area contributed by atoms with Crippen LogP contribution in [0.5, 0.6) is 0 Å². The number of allylic oxidation sites excluding steroid dienone is 3. The Bertz CT molecular complexity index is 1330. The van der Waals surface area contributed by atoms with Crippen molar-refractivity contribution in [3.8, 4) is 0 Å². The van der Waals surface area contributed by atoms with Gasteiger partial charge in [-0.05, 0) is 96.9 Å². The highest BCUT2D eigenvalue weighted by atomic mass is 28.4. The molecular formula is C43H66O4Si2. The predicted molar refractivity (Wildman–Crippen MR) is 211 cm³/mol. The van der Waals surface area contributed by atoms with Crippen molar-refractivity contribution in [2.24, 2.45) is 17.8 Å². The molecule has 2 aliphatic carbocycles. The Morgan fingerprint density at radius 1 is 0.816 bits per heavy atom. The van der Waals surface area contributed by atoms with Gasteiger partial charge in [0.25, 0.3) is 8.32 Å². The van der Waals surface area contributed by atoms with E-state index in [1.165, 1.54) is 34.1 Å². The van der Waals surface area contributed by atoms with E-state index < -0.39 is 22.4 Å². The third-order valence-corrected chi connectivity index (χ3v) is 21.8. The lowest BCUT2D eigenvalue weighted by Gasteiger charge is -2.46. The number of hydrogen-bond acceptors (Lipinski definition) is 4. The maximum atomic E-state index is 7.28. The fourth-order valence-corrected chi connectivity index (χ4v) is 16.8. The van der Waals surface area contributed by atoms with Crippen LogP contribution in [-0.2, 0) is 18.3 Å². The van der Waals surface area contributed by atoms with Gasteiger partial charge in [0, 0.05) is 18.9 Å². The van der Waals surface area contributed by atoms with E-state index in [4.69, 9.17) is 18.3 Å². The zero-order valence-electron chi connectivity index (χ0n) is 32.2. The smallest absolute Gasteiger partial charge is 0.261 e. The van der Waals surface area contributed by atoms with Crippen LogP contribution in [0.1, 0.15) is 101 Å². The lowest BCUT2D eigenvalue weighted by molar-refractivity contribution is -0.302. The first-order valence-electron chi connectivity index (χ1n) is 19.5. The quantitative estimate of drug-likeness (QED) is 0.184. The maximum Gasteiger partial charge on any atom is 0.261 e. The summed E-state index contributed by atoms with van der Waals surface area (Å²) in [7, 11) is -4.29.